The van der Waals surface area contributed by atoms with Gasteiger partial charge in [0.1, 0.15) is 5.75 Å². The molecule has 1 aromatic heterocycles. The SMILES string of the molecule is CC(C)(C)c1cc(C(=O)Cn2ccn(Cc3ccccc3)c2=Nc2ccc(N)cc2)cc(C(C)(C)C)c1O.Cl. The third-order valence-corrected chi connectivity index (χ3v) is 6.62. The molecular weight excluding hydrogens is 508 g/mol. The number of carbonyl (C=O) groups excluding carboxylic acids is 1. The maximum absolute atomic E-state index is 13.7. The summed E-state index contributed by atoms with van der Waals surface area (Å²) in [5, 5.41) is 11.1. The number of aromatic hydroxyl groups is 1. The maximum atomic E-state index is 13.7. The van der Waals surface area contributed by atoms with Crippen LogP contribution in [0, 0.1) is 0 Å². The van der Waals surface area contributed by atoms with Crippen molar-refractivity contribution in [2.45, 2.75) is 65.5 Å². The number of nitrogens with two attached hydrogens (primary N) is 1. The number of halogens is 1. The third-order valence-electron chi connectivity index (χ3n) is 6.62. The van der Waals surface area contributed by atoms with E-state index in [0.717, 1.165) is 22.4 Å². The van der Waals surface area contributed by atoms with Gasteiger partial charge in [-0.05, 0) is 52.8 Å². The molecule has 3 aromatic carbocycles. The number of aromatic nitrogens is 2. The van der Waals surface area contributed by atoms with Gasteiger partial charge in [0.15, 0.2) is 5.78 Å². The van der Waals surface area contributed by atoms with Crippen molar-refractivity contribution in [2.24, 2.45) is 4.99 Å². The number of phenols is 1. The summed E-state index contributed by atoms with van der Waals surface area (Å²) < 4.78 is 3.92. The van der Waals surface area contributed by atoms with E-state index in [1.807, 2.05) is 118 Å². The number of carbonyl (C=O) groups is 1. The number of rotatable bonds is 6. The van der Waals surface area contributed by atoms with Crippen molar-refractivity contribution in [1.29, 1.82) is 0 Å². The number of hydrogen-bond donors (Lipinski definition) is 2. The van der Waals surface area contributed by atoms with E-state index >= 15 is 0 Å². The van der Waals surface area contributed by atoms with Crippen molar-refractivity contribution in [2.75, 3.05) is 5.73 Å². The molecule has 0 bridgehead atoms. The van der Waals surface area contributed by atoms with Gasteiger partial charge in [-0.2, -0.15) is 0 Å². The van der Waals surface area contributed by atoms with E-state index in [9.17, 15) is 9.90 Å². The van der Waals surface area contributed by atoms with Gasteiger partial charge >= 0.3 is 0 Å². The van der Waals surface area contributed by atoms with Crippen LogP contribution < -0.4 is 11.4 Å². The molecule has 0 saturated heterocycles. The molecular formula is C32H39ClN4O2. The van der Waals surface area contributed by atoms with E-state index in [0.29, 0.717) is 23.4 Å². The van der Waals surface area contributed by atoms with Crippen LogP contribution >= 0.6 is 12.4 Å². The monoisotopic (exact) mass is 546 g/mol. The molecule has 0 radical (unpaired) electrons. The Bertz CT molecular complexity index is 1470. The first-order valence-corrected chi connectivity index (χ1v) is 12.9. The molecule has 0 spiro atoms. The average molecular weight is 547 g/mol. The Labute approximate surface area is 237 Å². The Kier molecular flexibility index (Phi) is 8.81. The van der Waals surface area contributed by atoms with Crippen LogP contribution in [0.5, 0.6) is 5.75 Å². The first-order chi connectivity index (χ1) is 17.8. The van der Waals surface area contributed by atoms with Crippen LogP contribution in [0.2, 0.25) is 0 Å². The summed E-state index contributed by atoms with van der Waals surface area (Å²) in [6.07, 6.45) is 3.85. The fourth-order valence-electron chi connectivity index (χ4n) is 4.46. The Morgan fingerprint density at radius 3 is 1.92 bits per heavy atom. The molecule has 206 valence electrons. The van der Waals surface area contributed by atoms with Crippen LogP contribution in [0.1, 0.15) is 68.6 Å². The fourth-order valence-corrected chi connectivity index (χ4v) is 4.46. The van der Waals surface area contributed by atoms with Gasteiger partial charge in [-0.15, -0.1) is 12.4 Å². The number of anilines is 1. The second-order valence-electron chi connectivity index (χ2n) is 11.9. The van der Waals surface area contributed by atoms with Crippen molar-refractivity contribution in [3.05, 3.63) is 107 Å². The zero-order chi connectivity index (χ0) is 27.7. The normalized spacial score (nSPS) is 12.3. The molecule has 0 amide bonds. The van der Waals surface area contributed by atoms with Crippen LogP contribution in [0.4, 0.5) is 11.4 Å². The molecule has 1 heterocycles. The number of phenolic OH excluding ortho intramolecular Hbond substituents is 1. The lowest BCUT2D eigenvalue weighted by Gasteiger charge is -2.28. The quantitative estimate of drug-likeness (QED) is 0.207. The highest BCUT2D eigenvalue weighted by Gasteiger charge is 2.28. The number of hydrogen-bond acceptors (Lipinski definition) is 4. The smallest absolute Gasteiger partial charge is 0.210 e. The largest absolute Gasteiger partial charge is 0.507 e. The van der Waals surface area contributed by atoms with Crippen molar-refractivity contribution >= 4 is 29.6 Å². The molecule has 4 rings (SSSR count). The van der Waals surface area contributed by atoms with E-state index in [4.69, 9.17) is 10.7 Å². The van der Waals surface area contributed by atoms with E-state index in [1.165, 1.54) is 0 Å². The van der Waals surface area contributed by atoms with Crippen LogP contribution in [0.15, 0.2) is 84.1 Å². The summed E-state index contributed by atoms with van der Waals surface area (Å²) in [6, 6.07) is 21.2. The number of nitrogens with zero attached hydrogens (tertiary/aromatic N) is 3. The molecule has 3 N–H and O–H groups in total. The molecule has 0 aliphatic carbocycles. The Hall–Kier alpha value is -3.77. The van der Waals surface area contributed by atoms with Crippen molar-refractivity contribution in [3.63, 3.8) is 0 Å². The van der Waals surface area contributed by atoms with E-state index in [2.05, 4.69) is 12.1 Å². The molecule has 0 saturated carbocycles. The van der Waals surface area contributed by atoms with Gasteiger partial charge in [-0.25, -0.2) is 4.99 Å². The minimum Gasteiger partial charge on any atom is -0.507 e. The topological polar surface area (TPSA) is 85.5 Å². The van der Waals surface area contributed by atoms with Gasteiger partial charge < -0.3 is 20.0 Å². The lowest BCUT2D eigenvalue weighted by Crippen LogP contribution is -2.29. The molecule has 0 unspecified atom stereocenters. The summed E-state index contributed by atoms with van der Waals surface area (Å²) in [7, 11) is 0. The Balaban J connectivity index is 0.00000420. The highest BCUT2D eigenvalue weighted by Crippen LogP contribution is 2.39. The molecule has 6 nitrogen and oxygen atoms in total. The van der Waals surface area contributed by atoms with Gasteiger partial charge in [0.2, 0.25) is 5.62 Å². The van der Waals surface area contributed by atoms with E-state index in [1.54, 1.807) is 0 Å². The van der Waals surface area contributed by atoms with Crippen molar-refractivity contribution in [1.82, 2.24) is 9.13 Å². The minimum atomic E-state index is -0.317. The van der Waals surface area contributed by atoms with E-state index < -0.39 is 0 Å². The van der Waals surface area contributed by atoms with E-state index in [-0.39, 0.29) is 41.3 Å². The Morgan fingerprint density at radius 1 is 0.846 bits per heavy atom. The lowest BCUT2D eigenvalue weighted by molar-refractivity contribution is 0.0970. The number of imidazole rings is 1. The highest BCUT2D eigenvalue weighted by molar-refractivity contribution is 5.96. The molecule has 0 fully saturated rings. The van der Waals surface area contributed by atoms with Gasteiger partial charge in [0, 0.05) is 34.8 Å². The standard InChI is InChI=1S/C32H38N4O2.ClH/c1-31(2,3)26-18-23(19-27(29(26)38)32(4,5)6)28(37)21-36-17-16-35(20-22-10-8-7-9-11-22)30(36)34-25-14-12-24(33)13-15-25;/h7-19,38H,20-21,33H2,1-6H3;1H. The number of ketones is 1. The van der Waals surface area contributed by atoms with Gasteiger partial charge in [-0.3, -0.25) is 4.79 Å². The molecule has 4 aromatic rings. The van der Waals surface area contributed by atoms with Crippen LogP contribution in [-0.2, 0) is 23.9 Å². The average Bonchev–Trinajstić information content (AvgIpc) is 3.20. The predicted octanol–water partition coefficient (Wildman–Crippen LogP) is 6.76. The molecule has 0 aliphatic heterocycles. The lowest BCUT2D eigenvalue weighted by atomic mass is 9.78. The zero-order valence-electron chi connectivity index (χ0n) is 23.6. The van der Waals surface area contributed by atoms with Crippen LogP contribution in [0.25, 0.3) is 0 Å². The maximum Gasteiger partial charge on any atom is 0.210 e. The van der Waals surface area contributed by atoms with Gasteiger partial charge in [-0.1, -0.05) is 71.9 Å². The summed E-state index contributed by atoms with van der Waals surface area (Å²) in [4.78, 5) is 18.6. The van der Waals surface area contributed by atoms with Crippen molar-refractivity contribution < 1.29 is 9.90 Å². The summed E-state index contributed by atoms with van der Waals surface area (Å²) in [5.74, 6) is 0.222. The van der Waals surface area contributed by atoms with Gasteiger partial charge in [0.05, 0.1) is 18.8 Å². The number of benzene rings is 3. The summed E-state index contributed by atoms with van der Waals surface area (Å²) in [6.45, 7) is 13.0. The number of Topliss-reactive ketones (excluding diaryl/α,β-unsaturated/α-hetero) is 1. The predicted molar refractivity (Wildman–Crippen MR) is 161 cm³/mol. The van der Waals surface area contributed by atoms with Crippen LogP contribution in [0.3, 0.4) is 0 Å². The third kappa shape index (κ3) is 7.01. The molecule has 39 heavy (non-hydrogen) atoms. The summed E-state index contributed by atoms with van der Waals surface area (Å²) >= 11 is 0. The zero-order valence-corrected chi connectivity index (χ0v) is 24.4. The second kappa shape index (κ2) is 11.5. The fraction of sp³-hybridized carbons (Fsp3) is 0.312. The highest BCUT2D eigenvalue weighted by atomic mass is 35.5. The van der Waals surface area contributed by atoms with Gasteiger partial charge in [0.25, 0.3) is 0 Å². The second-order valence-corrected chi connectivity index (χ2v) is 11.9. The first-order valence-electron chi connectivity index (χ1n) is 12.9. The summed E-state index contributed by atoms with van der Waals surface area (Å²) in [5.41, 5.74) is 10.6. The first kappa shape index (κ1) is 29.8. The Morgan fingerprint density at radius 2 is 1.38 bits per heavy atom. The van der Waals surface area contributed by atoms with Crippen LogP contribution in [-0.4, -0.2) is 20.0 Å². The van der Waals surface area contributed by atoms with Crippen molar-refractivity contribution in [3.8, 4) is 5.75 Å². The molecule has 0 atom stereocenters. The molecule has 0 aliphatic rings. The number of nitrogen functional groups attached to an aromatic ring is 1. The minimum absolute atomic E-state index is 0. The molecule has 7 heteroatoms.